The number of nitrogens with one attached hydrogen (secondary N) is 2. The number of piperazine rings is 1. The van der Waals surface area contributed by atoms with E-state index < -0.39 is 5.91 Å². The van der Waals surface area contributed by atoms with Gasteiger partial charge in [0.2, 0.25) is 0 Å². The molecule has 1 amide bonds. The standard InChI is InChI=1S/C34H45N9O2/c1-23-4-3-14-36-28(23)29-32(38-27-11-21-45-22-34(27)12-13-34)40-33(30(39-29)31(35)44)37-24-5-7-25(8-6-24)42-15-9-26(10-16-42)43-19-17-41(2)18-20-43/h3-8,14,26-27H,9-13,15-22H2,1-2H3,(H2,35,44)(H2,37,38,40). The number of nitrogens with two attached hydrogens (primary N) is 1. The van der Waals surface area contributed by atoms with E-state index in [0.29, 0.717) is 35.7 Å². The minimum Gasteiger partial charge on any atom is -0.381 e. The molecule has 11 nitrogen and oxygen atoms in total. The van der Waals surface area contributed by atoms with E-state index in [9.17, 15) is 4.79 Å². The molecule has 7 rings (SSSR count). The van der Waals surface area contributed by atoms with Crippen LogP contribution in [0.25, 0.3) is 11.4 Å². The second-order valence-corrected chi connectivity index (χ2v) is 13.3. The monoisotopic (exact) mass is 611 g/mol. The largest absolute Gasteiger partial charge is 0.381 e. The zero-order valence-electron chi connectivity index (χ0n) is 26.5. The van der Waals surface area contributed by atoms with Gasteiger partial charge in [-0.3, -0.25) is 14.7 Å². The third-order valence-corrected chi connectivity index (χ3v) is 10.3. The summed E-state index contributed by atoms with van der Waals surface area (Å²) in [5, 5.41) is 7.06. The maximum atomic E-state index is 12.7. The highest BCUT2D eigenvalue weighted by molar-refractivity contribution is 5.97. The lowest BCUT2D eigenvalue weighted by Gasteiger charge is -2.42. The van der Waals surface area contributed by atoms with Crippen LogP contribution in [0.1, 0.15) is 48.2 Å². The Kier molecular flexibility index (Phi) is 8.32. The summed E-state index contributed by atoms with van der Waals surface area (Å²) >= 11 is 0. The second kappa shape index (κ2) is 12.5. The SMILES string of the molecule is Cc1cccnc1-c1nc(C(N)=O)c(Nc2ccc(N3CCC(N4CCN(C)CC4)CC3)cc2)nc1NC1CCOCC12CC2. The minimum absolute atomic E-state index is 0.0868. The molecule has 0 radical (unpaired) electrons. The van der Waals surface area contributed by atoms with Gasteiger partial charge in [-0.25, -0.2) is 9.97 Å². The van der Waals surface area contributed by atoms with Crippen molar-refractivity contribution in [1.82, 2.24) is 24.8 Å². The van der Waals surface area contributed by atoms with Crippen molar-refractivity contribution in [2.75, 3.05) is 75.1 Å². The first kappa shape index (κ1) is 29.9. The molecule has 4 N–H and O–H groups in total. The number of carbonyl (C=O) groups excluding carboxylic acids is 1. The predicted molar refractivity (Wildman–Crippen MR) is 177 cm³/mol. The summed E-state index contributed by atoms with van der Waals surface area (Å²) in [4.78, 5) is 34.7. The highest BCUT2D eigenvalue weighted by Crippen LogP contribution is 2.52. The molecule has 238 valence electrons. The zero-order valence-corrected chi connectivity index (χ0v) is 26.5. The molecule has 3 aliphatic heterocycles. The van der Waals surface area contributed by atoms with E-state index in [2.05, 4.69) is 49.5 Å². The van der Waals surface area contributed by atoms with Crippen LogP contribution in [0.5, 0.6) is 0 Å². The van der Waals surface area contributed by atoms with E-state index in [1.54, 1.807) is 6.20 Å². The van der Waals surface area contributed by atoms with Crippen molar-refractivity contribution in [3.05, 3.63) is 53.9 Å². The number of hydrogen-bond acceptors (Lipinski definition) is 10. The number of ether oxygens (including phenoxy) is 1. The Morgan fingerprint density at radius 1 is 0.956 bits per heavy atom. The Labute approximate surface area is 265 Å². The van der Waals surface area contributed by atoms with E-state index in [1.165, 1.54) is 31.6 Å². The van der Waals surface area contributed by atoms with Crippen molar-refractivity contribution in [3.63, 3.8) is 0 Å². The second-order valence-electron chi connectivity index (χ2n) is 13.3. The Morgan fingerprint density at radius 2 is 1.71 bits per heavy atom. The highest BCUT2D eigenvalue weighted by Gasteiger charge is 2.51. The number of piperidine rings is 1. The molecule has 4 fully saturated rings. The minimum atomic E-state index is -0.643. The van der Waals surface area contributed by atoms with Gasteiger partial charge in [-0.2, -0.15) is 0 Å². The summed E-state index contributed by atoms with van der Waals surface area (Å²) in [6, 6.07) is 13.1. The fourth-order valence-electron chi connectivity index (χ4n) is 7.19. The number of aryl methyl sites for hydroxylation is 1. The van der Waals surface area contributed by atoms with E-state index in [0.717, 1.165) is 63.3 Å². The molecule has 4 aliphatic rings. The van der Waals surface area contributed by atoms with Crippen LogP contribution in [0.15, 0.2) is 42.6 Å². The van der Waals surface area contributed by atoms with E-state index in [4.69, 9.17) is 20.4 Å². The number of anilines is 4. The number of hydrogen-bond donors (Lipinski definition) is 3. The molecule has 1 unspecified atom stereocenters. The van der Waals surface area contributed by atoms with Gasteiger partial charge in [0.1, 0.15) is 5.69 Å². The summed E-state index contributed by atoms with van der Waals surface area (Å²) in [6.45, 7) is 10.2. The van der Waals surface area contributed by atoms with Gasteiger partial charge in [-0.1, -0.05) is 6.07 Å². The molecule has 1 spiro atoms. The Balaban J connectivity index is 1.11. The van der Waals surface area contributed by atoms with Gasteiger partial charge in [0.05, 0.1) is 12.3 Å². The van der Waals surface area contributed by atoms with Crippen LogP contribution < -0.4 is 21.3 Å². The van der Waals surface area contributed by atoms with Gasteiger partial charge >= 0.3 is 0 Å². The number of aromatic nitrogens is 3. The molecular formula is C34H45N9O2. The summed E-state index contributed by atoms with van der Waals surface area (Å²) in [5.74, 6) is 0.290. The number of carbonyl (C=O) groups is 1. The zero-order chi connectivity index (χ0) is 31.0. The van der Waals surface area contributed by atoms with Crippen molar-refractivity contribution in [3.8, 4) is 11.4 Å². The average Bonchev–Trinajstić information content (AvgIpc) is 3.83. The molecule has 5 heterocycles. The quantitative estimate of drug-likeness (QED) is 0.346. The van der Waals surface area contributed by atoms with Crippen LogP contribution in [-0.4, -0.2) is 102 Å². The van der Waals surface area contributed by atoms with Crippen molar-refractivity contribution in [2.45, 2.75) is 51.1 Å². The lowest BCUT2D eigenvalue weighted by Crippen LogP contribution is -2.52. The van der Waals surface area contributed by atoms with E-state index >= 15 is 0 Å². The summed E-state index contributed by atoms with van der Waals surface area (Å²) in [7, 11) is 2.21. The number of rotatable bonds is 8. The van der Waals surface area contributed by atoms with Crippen LogP contribution in [-0.2, 0) is 4.74 Å². The first-order chi connectivity index (χ1) is 21.9. The fraction of sp³-hybridized carbons (Fsp3) is 0.529. The molecule has 45 heavy (non-hydrogen) atoms. The van der Waals surface area contributed by atoms with Gasteiger partial charge in [-0.15, -0.1) is 0 Å². The molecule has 2 aromatic heterocycles. The molecule has 1 atom stereocenters. The number of benzene rings is 1. The van der Waals surface area contributed by atoms with Crippen LogP contribution in [0.3, 0.4) is 0 Å². The van der Waals surface area contributed by atoms with Crippen molar-refractivity contribution < 1.29 is 9.53 Å². The van der Waals surface area contributed by atoms with Gasteiger partial charge < -0.3 is 30.9 Å². The molecule has 3 saturated heterocycles. The average molecular weight is 612 g/mol. The fourth-order valence-corrected chi connectivity index (χ4v) is 7.19. The first-order valence-electron chi connectivity index (χ1n) is 16.4. The van der Waals surface area contributed by atoms with Gasteiger partial charge in [0.15, 0.2) is 17.3 Å². The first-order valence-corrected chi connectivity index (χ1v) is 16.4. The Bertz CT molecular complexity index is 1510. The van der Waals surface area contributed by atoms with E-state index in [1.807, 2.05) is 31.2 Å². The summed E-state index contributed by atoms with van der Waals surface area (Å²) < 4.78 is 5.82. The predicted octanol–water partition coefficient (Wildman–Crippen LogP) is 3.89. The maximum Gasteiger partial charge on any atom is 0.271 e. The van der Waals surface area contributed by atoms with Crippen LogP contribution in [0.4, 0.5) is 23.0 Å². The van der Waals surface area contributed by atoms with Crippen LogP contribution in [0.2, 0.25) is 0 Å². The number of nitrogens with zero attached hydrogens (tertiary/aromatic N) is 6. The van der Waals surface area contributed by atoms with Crippen LogP contribution in [0, 0.1) is 12.3 Å². The Hall–Kier alpha value is -3.80. The number of primary amides is 1. The van der Waals surface area contributed by atoms with Crippen molar-refractivity contribution in [1.29, 1.82) is 0 Å². The van der Waals surface area contributed by atoms with Crippen molar-refractivity contribution in [2.24, 2.45) is 11.1 Å². The van der Waals surface area contributed by atoms with Gasteiger partial charge in [0, 0.05) is 80.9 Å². The van der Waals surface area contributed by atoms with Crippen molar-refractivity contribution >= 4 is 28.9 Å². The molecule has 11 heteroatoms. The molecule has 1 saturated carbocycles. The highest BCUT2D eigenvalue weighted by atomic mass is 16.5. The summed E-state index contributed by atoms with van der Waals surface area (Å²) in [5.41, 5.74) is 10.3. The lowest BCUT2D eigenvalue weighted by molar-refractivity contribution is 0.0351. The summed E-state index contributed by atoms with van der Waals surface area (Å²) in [6.07, 6.45) is 7.25. The lowest BCUT2D eigenvalue weighted by atomic mass is 9.92. The third kappa shape index (κ3) is 6.34. The molecule has 0 bridgehead atoms. The third-order valence-electron chi connectivity index (χ3n) is 10.3. The maximum absolute atomic E-state index is 12.7. The normalized spacial score (nSPS) is 22.4. The number of amides is 1. The number of pyridine rings is 1. The number of likely N-dealkylation sites (N-methyl/N-ethyl adjacent to an activating group) is 1. The van der Waals surface area contributed by atoms with Crippen LogP contribution >= 0.6 is 0 Å². The molecular weight excluding hydrogens is 566 g/mol. The van der Waals surface area contributed by atoms with E-state index in [-0.39, 0.29) is 17.2 Å². The van der Waals surface area contributed by atoms with Gasteiger partial charge in [0.25, 0.3) is 5.91 Å². The molecule has 1 aliphatic carbocycles. The smallest absolute Gasteiger partial charge is 0.271 e. The molecule has 1 aromatic carbocycles. The topological polar surface area (TPSA) is 125 Å². The van der Waals surface area contributed by atoms with Gasteiger partial charge in [-0.05, 0) is 82.0 Å². The Morgan fingerprint density at radius 3 is 2.40 bits per heavy atom. The molecule has 3 aromatic rings.